The molecule has 3 rings (SSSR count). The molecule has 1 fully saturated rings. The number of primary amides is 1. The van der Waals surface area contributed by atoms with Gasteiger partial charge in [0.05, 0.1) is 6.61 Å². The molecule has 2 aromatic rings. The molecule has 1 saturated heterocycles. The largest absolute Gasteiger partial charge is 0.493 e. The van der Waals surface area contributed by atoms with E-state index in [0.717, 1.165) is 6.42 Å². The summed E-state index contributed by atoms with van der Waals surface area (Å²) in [6.45, 7) is 1.18. The maximum absolute atomic E-state index is 13.1. The number of hydrogen-bond donors (Lipinski definition) is 1. The van der Waals surface area contributed by atoms with Crippen LogP contribution in [0.3, 0.4) is 0 Å². The minimum atomic E-state index is -0.577. The van der Waals surface area contributed by atoms with Crippen LogP contribution < -0.4 is 10.5 Å². The standard InChI is InChI=1S/C19H23FN4O3/c1-23-16(7-9-22-23)18(26)24-10-2-8-19(12-24,11-17(21)25)13-27-15-5-3-14(20)4-6-15/h3-7,9H,2,8,10-13H2,1H3,(H2,21,25)/t19-/m1/s1. The molecule has 0 spiro atoms. The Bertz CT molecular complexity index is 821. The number of likely N-dealkylation sites (tertiary alicyclic amines) is 1. The number of carbonyl (C=O) groups excluding carboxylic acids is 2. The minimum Gasteiger partial charge on any atom is -0.493 e. The summed E-state index contributed by atoms with van der Waals surface area (Å²) >= 11 is 0. The fraction of sp³-hybridized carbons (Fsp3) is 0.421. The molecule has 1 aromatic carbocycles. The number of aryl methyl sites for hydroxylation is 1. The molecule has 1 aliphatic heterocycles. The lowest BCUT2D eigenvalue weighted by Gasteiger charge is -2.42. The van der Waals surface area contributed by atoms with Crippen molar-refractivity contribution in [3.05, 3.63) is 48.0 Å². The van der Waals surface area contributed by atoms with Gasteiger partial charge in [-0.3, -0.25) is 14.3 Å². The second-order valence-corrected chi connectivity index (χ2v) is 7.06. The molecule has 0 bridgehead atoms. The Morgan fingerprint density at radius 3 is 2.67 bits per heavy atom. The van der Waals surface area contributed by atoms with Crippen molar-refractivity contribution in [3.8, 4) is 5.75 Å². The molecule has 1 aliphatic rings. The monoisotopic (exact) mass is 374 g/mol. The van der Waals surface area contributed by atoms with Gasteiger partial charge in [0.1, 0.15) is 17.3 Å². The molecule has 144 valence electrons. The van der Waals surface area contributed by atoms with Crippen molar-refractivity contribution in [1.82, 2.24) is 14.7 Å². The molecular weight excluding hydrogens is 351 g/mol. The van der Waals surface area contributed by atoms with Crippen LogP contribution in [0.5, 0.6) is 5.75 Å². The van der Waals surface area contributed by atoms with E-state index in [9.17, 15) is 14.0 Å². The molecule has 0 aliphatic carbocycles. The second-order valence-electron chi connectivity index (χ2n) is 7.06. The van der Waals surface area contributed by atoms with E-state index in [4.69, 9.17) is 10.5 Å². The molecule has 0 saturated carbocycles. The summed E-state index contributed by atoms with van der Waals surface area (Å²) in [5.74, 6) is -0.409. The molecule has 2 amide bonds. The van der Waals surface area contributed by atoms with Gasteiger partial charge in [-0.1, -0.05) is 0 Å². The number of carbonyl (C=O) groups is 2. The molecule has 0 unspecified atom stereocenters. The Morgan fingerprint density at radius 1 is 1.30 bits per heavy atom. The predicted molar refractivity (Wildman–Crippen MR) is 96.5 cm³/mol. The van der Waals surface area contributed by atoms with Crippen molar-refractivity contribution in [2.45, 2.75) is 19.3 Å². The van der Waals surface area contributed by atoms with Crippen molar-refractivity contribution >= 4 is 11.8 Å². The molecule has 1 atom stereocenters. The van der Waals surface area contributed by atoms with Crippen LogP contribution in [0.25, 0.3) is 0 Å². The molecule has 7 nitrogen and oxygen atoms in total. The summed E-state index contributed by atoms with van der Waals surface area (Å²) in [6.07, 6.45) is 3.14. The Hall–Kier alpha value is -2.90. The van der Waals surface area contributed by atoms with E-state index in [0.29, 0.717) is 31.0 Å². The summed E-state index contributed by atoms with van der Waals surface area (Å²) in [4.78, 5) is 26.2. The highest BCUT2D eigenvalue weighted by Crippen LogP contribution is 2.35. The maximum Gasteiger partial charge on any atom is 0.272 e. The predicted octanol–water partition coefficient (Wildman–Crippen LogP) is 1.74. The number of amides is 2. The molecule has 2 N–H and O–H groups in total. The number of halogens is 1. The van der Waals surface area contributed by atoms with Crippen molar-refractivity contribution in [3.63, 3.8) is 0 Å². The lowest BCUT2D eigenvalue weighted by atomic mass is 9.77. The van der Waals surface area contributed by atoms with Gasteiger partial charge >= 0.3 is 0 Å². The number of nitrogens with two attached hydrogens (primary N) is 1. The molecule has 8 heteroatoms. The van der Waals surface area contributed by atoms with Gasteiger partial charge < -0.3 is 15.4 Å². The summed E-state index contributed by atoms with van der Waals surface area (Å²) in [5, 5.41) is 4.04. The van der Waals surface area contributed by atoms with E-state index in [2.05, 4.69) is 5.10 Å². The van der Waals surface area contributed by atoms with Gasteiger partial charge in [-0.2, -0.15) is 5.10 Å². The first-order valence-corrected chi connectivity index (χ1v) is 8.82. The maximum atomic E-state index is 13.1. The number of aromatic nitrogens is 2. The fourth-order valence-corrected chi connectivity index (χ4v) is 3.58. The van der Waals surface area contributed by atoms with Crippen LogP contribution in [0.2, 0.25) is 0 Å². The number of piperidine rings is 1. The van der Waals surface area contributed by atoms with Gasteiger partial charge in [0.15, 0.2) is 0 Å². The smallest absolute Gasteiger partial charge is 0.272 e. The molecule has 2 heterocycles. The van der Waals surface area contributed by atoms with E-state index in [-0.39, 0.29) is 24.8 Å². The zero-order chi connectivity index (χ0) is 19.4. The van der Waals surface area contributed by atoms with Crippen molar-refractivity contribution < 1.29 is 18.7 Å². The van der Waals surface area contributed by atoms with Crippen LogP contribution in [0.15, 0.2) is 36.5 Å². The van der Waals surface area contributed by atoms with Crippen molar-refractivity contribution in [1.29, 1.82) is 0 Å². The Labute approximate surface area is 156 Å². The highest BCUT2D eigenvalue weighted by Gasteiger charge is 2.40. The topological polar surface area (TPSA) is 90.4 Å². The number of ether oxygens (including phenoxy) is 1. The second kappa shape index (κ2) is 7.77. The summed E-state index contributed by atoms with van der Waals surface area (Å²) in [5.41, 5.74) is 5.39. The van der Waals surface area contributed by atoms with Gasteiger partial charge in [0.25, 0.3) is 5.91 Å². The molecule has 0 radical (unpaired) electrons. The molecular formula is C19H23FN4O3. The fourth-order valence-electron chi connectivity index (χ4n) is 3.58. The van der Waals surface area contributed by atoms with Crippen LogP contribution in [0.4, 0.5) is 4.39 Å². The highest BCUT2D eigenvalue weighted by atomic mass is 19.1. The van der Waals surface area contributed by atoms with Gasteiger partial charge in [-0.25, -0.2) is 4.39 Å². The first-order chi connectivity index (χ1) is 12.9. The lowest BCUT2D eigenvalue weighted by molar-refractivity contribution is -0.122. The van der Waals surface area contributed by atoms with Crippen LogP contribution >= 0.6 is 0 Å². The van der Waals surface area contributed by atoms with E-state index in [1.54, 1.807) is 24.2 Å². The minimum absolute atomic E-state index is 0.114. The summed E-state index contributed by atoms with van der Waals surface area (Å²) in [7, 11) is 1.71. The number of hydrogen-bond acceptors (Lipinski definition) is 4. The average Bonchev–Trinajstić information content (AvgIpc) is 3.06. The third kappa shape index (κ3) is 4.45. The van der Waals surface area contributed by atoms with Crippen LogP contribution in [0, 0.1) is 11.2 Å². The normalized spacial score (nSPS) is 19.7. The molecule has 1 aromatic heterocycles. The van der Waals surface area contributed by atoms with E-state index in [1.807, 2.05) is 0 Å². The van der Waals surface area contributed by atoms with E-state index in [1.165, 1.54) is 28.9 Å². The SMILES string of the molecule is Cn1nccc1C(=O)N1CCC[C@@](COc2ccc(F)cc2)(CC(N)=O)C1. The van der Waals surface area contributed by atoms with Crippen LogP contribution in [0.1, 0.15) is 29.8 Å². The third-order valence-corrected chi connectivity index (χ3v) is 4.90. The van der Waals surface area contributed by atoms with Crippen LogP contribution in [-0.2, 0) is 11.8 Å². The molecule has 27 heavy (non-hydrogen) atoms. The summed E-state index contributed by atoms with van der Waals surface area (Å²) in [6, 6.07) is 7.37. The average molecular weight is 374 g/mol. The highest BCUT2D eigenvalue weighted by molar-refractivity contribution is 5.92. The summed E-state index contributed by atoms with van der Waals surface area (Å²) < 4.78 is 20.4. The van der Waals surface area contributed by atoms with Crippen molar-refractivity contribution in [2.24, 2.45) is 18.2 Å². The Kier molecular flexibility index (Phi) is 5.43. The zero-order valence-electron chi connectivity index (χ0n) is 15.2. The van der Waals surface area contributed by atoms with E-state index < -0.39 is 11.3 Å². The zero-order valence-corrected chi connectivity index (χ0v) is 15.2. The number of benzene rings is 1. The lowest BCUT2D eigenvalue weighted by Crippen LogP contribution is -2.50. The van der Waals surface area contributed by atoms with E-state index >= 15 is 0 Å². The van der Waals surface area contributed by atoms with Gasteiger partial charge in [0, 0.05) is 38.2 Å². The van der Waals surface area contributed by atoms with Gasteiger partial charge in [0.2, 0.25) is 5.91 Å². The quantitative estimate of drug-likeness (QED) is 0.834. The van der Waals surface area contributed by atoms with Gasteiger partial charge in [-0.15, -0.1) is 0 Å². The van der Waals surface area contributed by atoms with Gasteiger partial charge in [-0.05, 0) is 43.2 Å². The third-order valence-electron chi connectivity index (χ3n) is 4.90. The first kappa shape index (κ1) is 18.9. The Balaban J connectivity index is 1.76. The Morgan fingerprint density at radius 2 is 2.04 bits per heavy atom. The van der Waals surface area contributed by atoms with Crippen molar-refractivity contribution in [2.75, 3.05) is 19.7 Å². The number of nitrogens with zero attached hydrogens (tertiary/aromatic N) is 3. The number of rotatable bonds is 6. The first-order valence-electron chi connectivity index (χ1n) is 8.82. The van der Waals surface area contributed by atoms with Crippen LogP contribution in [-0.4, -0.2) is 46.2 Å².